The summed E-state index contributed by atoms with van der Waals surface area (Å²) < 4.78 is 6.64. The molecule has 158 valence electrons. The summed E-state index contributed by atoms with van der Waals surface area (Å²) in [7, 11) is 0. The van der Waals surface area contributed by atoms with Crippen LogP contribution in [-0.2, 0) is 4.79 Å². The van der Waals surface area contributed by atoms with Crippen molar-refractivity contribution in [2.45, 2.75) is 6.92 Å². The van der Waals surface area contributed by atoms with Gasteiger partial charge in [-0.3, -0.25) is 9.69 Å². The summed E-state index contributed by atoms with van der Waals surface area (Å²) in [6, 6.07) is 25.9. The van der Waals surface area contributed by atoms with E-state index in [1.54, 1.807) is 11.0 Å². The Bertz CT molecular complexity index is 1250. The number of carbonyl (C=O) groups excluding carboxylic acids is 1. The number of para-hydroxylation sites is 1. The fourth-order valence-electron chi connectivity index (χ4n) is 3.79. The van der Waals surface area contributed by atoms with Crippen LogP contribution < -0.4 is 14.5 Å². The van der Waals surface area contributed by atoms with E-state index in [2.05, 4.69) is 36.1 Å². The third-order valence-corrected chi connectivity index (χ3v) is 6.66. The van der Waals surface area contributed by atoms with Crippen molar-refractivity contribution < 1.29 is 9.53 Å². The monoisotopic (exact) mass is 456 g/mol. The largest absolute Gasteiger partial charge is 0.439 e. The predicted octanol–water partition coefficient (Wildman–Crippen LogP) is 6.36. The SMILES string of the molecule is CCN1/C(=C\C=C2\SC(=S)N(c3ccccc3)C2=O)Oc2ccc(-c3ccccc3)cc21. The number of nitrogens with zero attached hydrogens (tertiary/aromatic N) is 2. The fourth-order valence-corrected chi connectivity index (χ4v) is 5.03. The molecule has 32 heavy (non-hydrogen) atoms. The highest BCUT2D eigenvalue weighted by molar-refractivity contribution is 8.27. The van der Waals surface area contributed by atoms with Crippen molar-refractivity contribution in [3.8, 4) is 16.9 Å². The van der Waals surface area contributed by atoms with Crippen molar-refractivity contribution in [3.63, 3.8) is 0 Å². The maximum absolute atomic E-state index is 13.0. The lowest BCUT2D eigenvalue weighted by molar-refractivity contribution is -0.113. The van der Waals surface area contributed by atoms with Crippen molar-refractivity contribution in [2.24, 2.45) is 0 Å². The van der Waals surface area contributed by atoms with Crippen LogP contribution in [-0.4, -0.2) is 16.8 Å². The number of hydrogen-bond acceptors (Lipinski definition) is 5. The summed E-state index contributed by atoms with van der Waals surface area (Å²) in [6.07, 6.45) is 3.65. The molecule has 3 aromatic rings. The van der Waals surface area contributed by atoms with Gasteiger partial charge >= 0.3 is 0 Å². The number of hydrogen-bond donors (Lipinski definition) is 0. The Morgan fingerprint density at radius 2 is 1.66 bits per heavy atom. The van der Waals surface area contributed by atoms with Crippen LogP contribution >= 0.6 is 24.0 Å². The number of carbonyl (C=O) groups is 1. The van der Waals surface area contributed by atoms with E-state index >= 15 is 0 Å². The maximum Gasteiger partial charge on any atom is 0.270 e. The summed E-state index contributed by atoms with van der Waals surface area (Å²) in [5.74, 6) is 1.38. The molecule has 0 aliphatic carbocycles. The highest BCUT2D eigenvalue weighted by atomic mass is 32.2. The minimum Gasteiger partial charge on any atom is -0.439 e. The van der Waals surface area contributed by atoms with Crippen molar-refractivity contribution in [1.29, 1.82) is 0 Å². The number of allylic oxidation sites excluding steroid dienone is 2. The normalized spacial score (nSPS) is 17.9. The molecule has 3 aromatic carbocycles. The van der Waals surface area contributed by atoms with Crippen LogP contribution in [0.15, 0.2) is 102 Å². The van der Waals surface area contributed by atoms with Gasteiger partial charge in [0.25, 0.3) is 5.91 Å². The fraction of sp³-hybridized carbons (Fsp3) is 0.0769. The standard InChI is InChI=1S/C26H20N2O2S2/c1-2-27-21-17-19(18-9-5-3-6-10-18)13-14-22(21)30-24(27)16-15-23-25(29)28(26(31)32-23)20-11-7-4-8-12-20/h3-17H,2H2,1H3/b23-15+,24-16+. The van der Waals surface area contributed by atoms with Gasteiger partial charge in [0, 0.05) is 12.6 Å². The Morgan fingerprint density at radius 1 is 0.938 bits per heavy atom. The van der Waals surface area contributed by atoms with Crippen molar-refractivity contribution in [3.05, 3.63) is 102 Å². The van der Waals surface area contributed by atoms with E-state index in [0.29, 0.717) is 15.1 Å². The molecule has 0 N–H and O–H groups in total. The number of ether oxygens (including phenoxy) is 1. The molecule has 0 aromatic heterocycles. The highest BCUT2D eigenvalue weighted by Gasteiger charge is 2.33. The van der Waals surface area contributed by atoms with Crippen molar-refractivity contribution >= 4 is 45.6 Å². The van der Waals surface area contributed by atoms with Gasteiger partial charge in [-0.1, -0.05) is 78.6 Å². The predicted molar refractivity (Wildman–Crippen MR) is 136 cm³/mol. The average Bonchev–Trinajstić information content (AvgIpc) is 3.33. The molecule has 4 nitrogen and oxygen atoms in total. The van der Waals surface area contributed by atoms with Gasteiger partial charge in [0.2, 0.25) is 5.88 Å². The van der Waals surface area contributed by atoms with Gasteiger partial charge in [-0.15, -0.1) is 0 Å². The molecule has 0 saturated carbocycles. The van der Waals surface area contributed by atoms with Crippen LogP contribution in [0.25, 0.3) is 11.1 Å². The van der Waals surface area contributed by atoms with Gasteiger partial charge in [-0.25, -0.2) is 0 Å². The first-order valence-electron chi connectivity index (χ1n) is 10.3. The first kappa shape index (κ1) is 20.5. The number of benzene rings is 3. The van der Waals surface area contributed by atoms with Crippen molar-refractivity contribution in [1.82, 2.24) is 0 Å². The summed E-state index contributed by atoms with van der Waals surface area (Å²) >= 11 is 6.76. The van der Waals surface area contributed by atoms with Gasteiger partial charge < -0.3 is 9.64 Å². The molecule has 0 atom stereocenters. The third-order valence-electron chi connectivity index (χ3n) is 5.34. The van der Waals surface area contributed by atoms with E-state index in [1.165, 1.54) is 11.8 Å². The van der Waals surface area contributed by atoms with E-state index in [4.69, 9.17) is 17.0 Å². The second-order valence-corrected chi connectivity index (χ2v) is 8.95. The summed E-state index contributed by atoms with van der Waals surface area (Å²) in [5, 5.41) is 0. The lowest BCUT2D eigenvalue weighted by Crippen LogP contribution is -2.27. The molecule has 1 fully saturated rings. The van der Waals surface area contributed by atoms with Gasteiger partial charge in [0.05, 0.1) is 16.3 Å². The van der Waals surface area contributed by atoms with Crippen LogP contribution in [0, 0.1) is 0 Å². The number of thiocarbonyl (C=S) groups is 1. The molecule has 2 aliphatic rings. The molecular weight excluding hydrogens is 436 g/mol. The first-order valence-corrected chi connectivity index (χ1v) is 11.6. The topological polar surface area (TPSA) is 32.8 Å². The minimum atomic E-state index is -0.118. The molecule has 0 radical (unpaired) electrons. The van der Waals surface area contributed by atoms with Crippen molar-refractivity contribution in [2.75, 3.05) is 16.3 Å². The van der Waals surface area contributed by atoms with Gasteiger partial charge in [0.15, 0.2) is 10.1 Å². The second-order valence-electron chi connectivity index (χ2n) is 7.27. The quantitative estimate of drug-likeness (QED) is 0.337. The zero-order valence-corrected chi connectivity index (χ0v) is 19.0. The Hall–Kier alpha value is -3.35. The minimum absolute atomic E-state index is 0.118. The number of amides is 1. The number of fused-ring (bicyclic) bond motifs is 1. The summed E-state index contributed by atoms with van der Waals surface area (Å²) in [4.78, 5) is 17.2. The summed E-state index contributed by atoms with van der Waals surface area (Å²) in [6.45, 7) is 2.83. The first-order chi connectivity index (χ1) is 15.7. The Balaban J connectivity index is 1.42. The molecule has 2 heterocycles. The Kier molecular flexibility index (Phi) is 5.55. The Labute approximate surface area is 196 Å². The van der Waals surface area contributed by atoms with E-state index in [1.807, 2.05) is 60.7 Å². The van der Waals surface area contributed by atoms with Gasteiger partial charge in [0.1, 0.15) is 0 Å². The number of rotatable bonds is 4. The van der Waals surface area contributed by atoms with Crippen LogP contribution in [0.5, 0.6) is 5.75 Å². The van der Waals surface area contributed by atoms with Crippen LogP contribution in [0.3, 0.4) is 0 Å². The van der Waals surface area contributed by atoms with E-state index in [0.717, 1.165) is 34.8 Å². The molecule has 0 spiro atoms. The molecule has 2 aliphatic heterocycles. The highest BCUT2D eigenvalue weighted by Crippen LogP contribution is 2.42. The second kappa shape index (κ2) is 8.65. The average molecular weight is 457 g/mol. The Morgan fingerprint density at radius 3 is 2.38 bits per heavy atom. The molecule has 1 amide bonds. The third kappa shape index (κ3) is 3.72. The molecule has 6 heteroatoms. The molecule has 5 rings (SSSR count). The smallest absolute Gasteiger partial charge is 0.270 e. The van der Waals surface area contributed by atoms with E-state index in [-0.39, 0.29) is 5.91 Å². The van der Waals surface area contributed by atoms with E-state index < -0.39 is 0 Å². The van der Waals surface area contributed by atoms with Gasteiger partial charge in [-0.05, 0) is 48.4 Å². The van der Waals surface area contributed by atoms with Crippen LogP contribution in [0.2, 0.25) is 0 Å². The maximum atomic E-state index is 13.0. The van der Waals surface area contributed by atoms with E-state index in [9.17, 15) is 4.79 Å². The van der Waals surface area contributed by atoms with Gasteiger partial charge in [-0.2, -0.15) is 0 Å². The molecule has 0 unspecified atom stereocenters. The zero-order valence-electron chi connectivity index (χ0n) is 17.4. The zero-order chi connectivity index (χ0) is 22.1. The van der Waals surface area contributed by atoms with Crippen LogP contribution in [0.1, 0.15) is 6.92 Å². The molecule has 0 bridgehead atoms. The number of anilines is 2. The lowest BCUT2D eigenvalue weighted by atomic mass is 10.0. The molecular formula is C26H20N2O2S2. The number of thioether (sulfide) groups is 1. The van der Waals surface area contributed by atoms with Crippen LogP contribution in [0.4, 0.5) is 11.4 Å². The molecule has 1 saturated heterocycles. The summed E-state index contributed by atoms with van der Waals surface area (Å²) in [5.41, 5.74) is 4.09. The lowest BCUT2D eigenvalue weighted by Gasteiger charge is -2.16.